The fraction of sp³-hybridized carbons (Fsp3) is 0.188. The molecule has 5 heteroatoms. The minimum Gasteiger partial charge on any atom is -0.468 e. The van der Waals surface area contributed by atoms with Crippen LogP contribution in [-0.2, 0) is 0 Å². The number of halogens is 1. The highest BCUT2D eigenvalue weighted by Gasteiger charge is 2.13. The Balaban J connectivity index is 2.15. The molecule has 4 nitrogen and oxygen atoms in total. The predicted molar refractivity (Wildman–Crippen MR) is 82.4 cm³/mol. The van der Waals surface area contributed by atoms with Crippen LogP contribution in [0.4, 0.5) is 0 Å². The van der Waals surface area contributed by atoms with E-state index in [1.165, 1.54) is 0 Å². The van der Waals surface area contributed by atoms with Crippen molar-refractivity contribution in [2.75, 3.05) is 6.61 Å². The normalized spacial score (nSPS) is 10.0. The molecule has 0 spiro atoms. The highest BCUT2D eigenvalue weighted by Crippen LogP contribution is 2.20. The van der Waals surface area contributed by atoms with E-state index in [2.05, 4.69) is 27.0 Å². The molecule has 2 rings (SSSR count). The summed E-state index contributed by atoms with van der Waals surface area (Å²) in [7, 11) is 0. The van der Waals surface area contributed by atoms with Gasteiger partial charge in [-0.05, 0) is 37.6 Å². The van der Waals surface area contributed by atoms with Gasteiger partial charge in [0.05, 0.1) is 0 Å². The first-order valence-corrected chi connectivity index (χ1v) is 7.10. The Morgan fingerprint density at radius 3 is 2.62 bits per heavy atom. The van der Waals surface area contributed by atoms with Crippen LogP contribution in [0.1, 0.15) is 27.2 Å². The third kappa shape index (κ3) is 3.67. The Morgan fingerprint density at radius 1 is 1.33 bits per heavy atom. The van der Waals surface area contributed by atoms with Crippen molar-refractivity contribution in [2.24, 2.45) is 0 Å². The van der Waals surface area contributed by atoms with Gasteiger partial charge < -0.3 is 4.74 Å². The predicted octanol–water partition coefficient (Wildman–Crippen LogP) is 3.59. The molecule has 0 aliphatic rings. The minimum atomic E-state index is -0.160. The van der Waals surface area contributed by atoms with E-state index in [-0.39, 0.29) is 18.3 Å². The number of Topliss-reactive ketones (excluding diaryl/α,β-unsaturated/α-hetero) is 1. The van der Waals surface area contributed by atoms with Crippen molar-refractivity contribution >= 4 is 21.7 Å². The van der Waals surface area contributed by atoms with Crippen LogP contribution in [-0.4, -0.2) is 17.4 Å². The maximum atomic E-state index is 12.0. The SMILES string of the molecule is Cc1cc(C)c(C#N)c(OCC(=O)c2ccc(Br)cc2)n1. The second-order valence-electron chi connectivity index (χ2n) is 4.59. The average Bonchev–Trinajstić information content (AvgIpc) is 2.45. The van der Waals surface area contributed by atoms with Gasteiger partial charge in [-0.3, -0.25) is 4.79 Å². The van der Waals surface area contributed by atoms with Crippen molar-refractivity contribution in [3.63, 3.8) is 0 Å². The minimum absolute atomic E-state index is 0.147. The smallest absolute Gasteiger partial charge is 0.232 e. The van der Waals surface area contributed by atoms with Gasteiger partial charge in [-0.25, -0.2) is 4.98 Å². The van der Waals surface area contributed by atoms with Crippen LogP contribution in [0.25, 0.3) is 0 Å². The molecule has 1 aromatic heterocycles. The van der Waals surface area contributed by atoms with Crippen LogP contribution in [0.3, 0.4) is 0 Å². The molecule has 0 bridgehead atoms. The van der Waals surface area contributed by atoms with E-state index in [9.17, 15) is 4.79 Å². The number of nitrogens with zero attached hydrogens (tertiary/aromatic N) is 2. The Hall–Kier alpha value is -2.19. The number of nitriles is 1. The zero-order valence-corrected chi connectivity index (χ0v) is 13.3. The first kappa shape index (κ1) is 15.2. The lowest BCUT2D eigenvalue weighted by molar-refractivity contribution is 0.0917. The molecule has 0 saturated carbocycles. The van der Waals surface area contributed by atoms with Crippen molar-refractivity contribution in [3.05, 3.63) is 57.2 Å². The highest BCUT2D eigenvalue weighted by molar-refractivity contribution is 9.10. The number of carbonyl (C=O) groups is 1. The summed E-state index contributed by atoms with van der Waals surface area (Å²) in [6, 6.07) is 10.9. The average molecular weight is 345 g/mol. The number of aromatic nitrogens is 1. The van der Waals surface area contributed by atoms with Crippen LogP contribution in [0.5, 0.6) is 5.88 Å². The standard InChI is InChI=1S/C16H13BrN2O2/c1-10-7-11(2)19-16(14(10)8-18)21-9-15(20)12-3-5-13(17)6-4-12/h3-7H,9H2,1-2H3. The van der Waals surface area contributed by atoms with Crippen LogP contribution in [0.2, 0.25) is 0 Å². The maximum absolute atomic E-state index is 12.0. The number of rotatable bonds is 4. The number of aryl methyl sites for hydroxylation is 2. The number of pyridine rings is 1. The second kappa shape index (κ2) is 6.51. The summed E-state index contributed by atoms with van der Waals surface area (Å²) in [5, 5.41) is 9.14. The quantitative estimate of drug-likeness (QED) is 0.795. The summed E-state index contributed by atoms with van der Waals surface area (Å²) in [6.07, 6.45) is 0. The molecular formula is C16H13BrN2O2. The van der Waals surface area contributed by atoms with E-state index >= 15 is 0 Å². The van der Waals surface area contributed by atoms with Crippen molar-refractivity contribution in [2.45, 2.75) is 13.8 Å². The lowest BCUT2D eigenvalue weighted by Crippen LogP contribution is -2.13. The van der Waals surface area contributed by atoms with E-state index in [0.29, 0.717) is 11.1 Å². The van der Waals surface area contributed by atoms with Gasteiger partial charge in [0.2, 0.25) is 5.88 Å². The number of benzene rings is 1. The Morgan fingerprint density at radius 2 is 2.00 bits per heavy atom. The molecule has 0 fully saturated rings. The summed E-state index contributed by atoms with van der Waals surface area (Å²) >= 11 is 3.32. The molecule has 21 heavy (non-hydrogen) atoms. The third-order valence-electron chi connectivity index (χ3n) is 2.93. The van der Waals surface area contributed by atoms with Gasteiger partial charge in [0.1, 0.15) is 11.6 Å². The monoisotopic (exact) mass is 344 g/mol. The number of hydrogen-bond donors (Lipinski definition) is 0. The molecular weight excluding hydrogens is 332 g/mol. The zero-order valence-electron chi connectivity index (χ0n) is 11.7. The van der Waals surface area contributed by atoms with Crippen LogP contribution in [0.15, 0.2) is 34.8 Å². The molecule has 0 aliphatic heterocycles. The molecule has 2 aromatic rings. The van der Waals surface area contributed by atoms with Gasteiger partial charge in [0.25, 0.3) is 0 Å². The van der Waals surface area contributed by atoms with Gasteiger partial charge >= 0.3 is 0 Å². The molecule has 106 valence electrons. The molecule has 0 unspecified atom stereocenters. The molecule has 1 heterocycles. The Kier molecular flexibility index (Phi) is 4.71. The topological polar surface area (TPSA) is 63.0 Å². The van der Waals surface area contributed by atoms with Gasteiger partial charge in [-0.2, -0.15) is 5.26 Å². The fourth-order valence-electron chi connectivity index (χ4n) is 1.90. The third-order valence-corrected chi connectivity index (χ3v) is 3.46. The fourth-order valence-corrected chi connectivity index (χ4v) is 2.16. The first-order valence-electron chi connectivity index (χ1n) is 6.31. The van der Waals surface area contributed by atoms with E-state index in [4.69, 9.17) is 10.00 Å². The molecule has 0 saturated heterocycles. The molecule has 0 N–H and O–H groups in total. The van der Waals surface area contributed by atoms with E-state index in [0.717, 1.165) is 15.7 Å². The number of ketones is 1. The molecule has 0 aliphatic carbocycles. The summed E-state index contributed by atoms with van der Waals surface area (Å²) in [6.45, 7) is 3.49. The summed E-state index contributed by atoms with van der Waals surface area (Å²) in [4.78, 5) is 16.2. The number of hydrogen-bond acceptors (Lipinski definition) is 4. The second-order valence-corrected chi connectivity index (χ2v) is 5.51. The summed E-state index contributed by atoms with van der Waals surface area (Å²) < 4.78 is 6.35. The van der Waals surface area contributed by atoms with Crippen molar-refractivity contribution < 1.29 is 9.53 Å². The molecule has 0 atom stereocenters. The Labute approximate surface area is 131 Å². The largest absolute Gasteiger partial charge is 0.468 e. The maximum Gasteiger partial charge on any atom is 0.232 e. The zero-order chi connectivity index (χ0) is 15.4. The van der Waals surface area contributed by atoms with Gasteiger partial charge in [-0.1, -0.05) is 28.1 Å². The number of carbonyl (C=O) groups excluding carboxylic acids is 1. The molecule has 0 radical (unpaired) electrons. The van der Waals surface area contributed by atoms with Crippen LogP contribution in [0, 0.1) is 25.2 Å². The lowest BCUT2D eigenvalue weighted by atomic mass is 10.1. The van der Waals surface area contributed by atoms with Crippen molar-refractivity contribution in [1.82, 2.24) is 4.98 Å². The Bertz CT molecular complexity index is 718. The van der Waals surface area contributed by atoms with Gasteiger partial charge in [-0.15, -0.1) is 0 Å². The van der Waals surface area contributed by atoms with Gasteiger partial charge in [0.15, 0.2) is 12.4 Å². The molecule has 1 aromatic carbocycles. The van der Waals surface area contributed by atoms with Gasteiger partial charge in [0, 0.05) is 15.7 Å². The number of ether oxygens (including phenoxy) is 1. The van der Waals surface area contributed by atoms with E-state index < -0.39 is 0 Å². The lowest BCUT2D eigenvalue weighted by Gasteiger charge is -2.09. The van der Waals surface area contributed by atoms with E-state index in [1.807, 2.05) is 19.9 Å². The highest BCUT2D eigenvalue weighted by atomic mass is 79.9. The first-order chi connectivity index (χ1) is 10.0. The van der Waals surface area contributed by atoms with Crippen LogP contribution >= 0.6 is 15.9 Å². The van der Waals surface area contributed by atoms with Crippen LogP contribution < -0.4 is 4.74 Å². The summed E-state index contributed by atoms with van der Waals surface area (Å²) in [5.41, 5.74) is 2.46. The van der Waals surface area contributed by atoms with E-state index in [1.54, 1.807) is 24.3 Å². The summed E-state index contributed by atoms with van der Waals surface area (Å²) in [5.74, 6) is 0.0489. The van der Waals surface area contributed by atoms with Crippen molar-refractivity contribution in [1.29, 1.82) is 5.26 Å². The molecule has 0 amide bonds. The van der Waals surface area contributed by atoms with Crippen molar-refractivity contribution in [3.8, 4) is 11.9 Å².